The third-order valence-corrected chi connectivity index (χ3v) is 3.39. The average molecular weight is 248 g/mol. The third kappa shape index (κ3) is 3.61. The highest BCUT2D eigenvalue weighted by Crippen LogP contribution is 2.20. The van der Waals surface area contributed by atoms with Crippen LogP contribution < -0.4 is 5.73 Å². The highest BCUT2D eigenvalue weighted by molar-refractivity contribution is 7.98. The Kier molecular flexibility index (Phi) is 4.64. The molecule has 2 rings (SSSR count). The summed E-state index contributed by atoms with van der Waals surface area (Å²) in [6, 6.07) is 9.94. The van der Waals surface area contributed by atoms with Gasteiger partial charge < -0.3 is 10.2 Å². The van der Waals surface area contributed by atoms with Crippen molar-refractivity contribution in [2.75, 3.05) is 12.3 Å². The zero-order valence-electron chi connectivity index (χ0n) is 9.63. The van der Waals surface area contributed by atoms with Crippen LogP contribution in [0.25, 0.3) is 11.5 Å². The maximum atomic E-state index is 5.46. The molecule has 0 amide bonds. The molecule has 0 saturated carbocycles. The summed E-state index contributed by atoms with van der Waals surface area (Å²) < 4.78 is 5.46. The van der Waals surface area contributed by atoms with E-state index in [1.807, 2.05) is 42.1 Å². The van der Waals surface area contributed by atoms with Gasteiger partial charge in [0.25, 0.3) is 0 Å². The SMILES string of the molecule is NCCCSCc1coc(-c2ccccc2)n1. The second-order valence-electron chi connectivity index (χ2n) is 3.70. The van der Waals surface area contributed by atoms with E-state index < -0.39 is 0 Å². The fourth-order valence-electron chi connectivity index (χ4n) is 1.45. The molecule has 1 heterocycles. The predicted octanol–water partition coefficient (Wildman–Crippen LogP) is 2.92. The largest absolute Gasteiger partial charge is 0.444 e. The van der Waals surface area contributed by atoms with Gasteiger partial charge in [0.2, 0.25) is 5.89 Å². The number of benzene rings is 1. The molecular formula is C13H16N2OS. The van der Waals surface area contributed by atoms with Gasteiger partial charge in [-0.25, -0.2) is 4.98 Å². The summed E-state index contributed by atoms with van der Waals surface area (Å²) in [5, 5.41) is 0. The molecule has 1 aromatic carbocycles. The zero-order chi connectivity index (χ0) is 11.9. The molecule has 0 fully saturated rings. The van der Waals surface area contributed by atoms with Gasteiger partial charge in [-0.1, -0.05) is 18.2 Å². The van der Waals surface area contributed by atoms with Crippen LogP contribution in [-0.2, 0) is 5.75 Å². The first-order valence-electron chi connectivity index (χ1n) is 5.68. The number of nitrogens with two attached hydrogens (primary N) is 1. The quantitative estimate of drug-likeness (QED) is 0.799. The van der Waals surface area contributed by atoms with Crippen molar-refractivity contribution in [1.82, 2.24) is 4.98 Å². The monoisotopic (exact) mass is 248 g/mol. The van der Waals surface area contributed by atoms with E-state index in [9.17, 15) is 0 Å². The highest BCUT2D eigenvalue weighted by atomic mass is 32.2. The maximum absolute atomic E-state index is 5.46. The summed E-state index contributed by atoms with van der Waals surface area (Å²) >= 11 is 1.84. The molecule has 2 N–H and O–H groups in total. The second-order valence-corrected chi connectivity index (χ2v) is 4.81. The number of thioether (sulfide) groups is 1. The molecule has 0 aliphatic rings. The summed E-state index contributed by atoms with van der Waals surface area (Å²) in [5.41, 5.74) is 7.45. The first kappa shape index (κ1) is 12.2. The highest BCUT2D eigenvalue weighted by Gasteiger charge is 2.05. The number of hydrogen-bond acceptors (Lipinski definition) is 4. The van der Waals surface area contributed by atoms with Crippen molar-refractivity contribution in [1.29, 1.82) is 0 Å². The van der Waals surface area contributed by atoms with Gasteiger partial charge in [-0.2, -0.15) is 11.8 Å². The lowest BCUT2D eigenvalue weighted by atomic mass is 10.2. The maximum Gasteiger partial charge on any atom is 0.226 e. The van der Waals surface area contributed by atoms with Crippen molar-refractivity contribution in [3.8, 4) is 11.5 Å². The molecule has 0 spiro atoms. The molecule has 0 aliphatic heterocycles. The minimum absolute atomic E-state index is 0.694. The minimum atomic E-state index is 0.694. The van der Waals surface area contributed by atoms with Gasteiger partial charge in [0.15, 0.2) is 0 Å². The van der Waals surface area contributed by atoms with E-state index in [0.717, 1.165) is 35.7 Å². The minimum Gasteiger partial charge on any atom is -0.444 e. The molecule has 0 bridgehead atoms. The van der Waals surface area contributed by atoms with Crippen LogP contribution in [0.2, 0.25) is 0 Å². The number of oxazole rings is 1. The summed E-state index contributed by atoms with van der Waals surface area (Å²) in [6.07, 6.45) is 2.78. The summed E-state index contributed by atoms with van der Waals surface area (Å²) in [7, 11) is 0. The Morgan fingerprint density at radius 2 is 2.06 bits per heavy atom. The van der Waals surface area contributed by atoms with Crippen molar-refractivity contribution in [2.45, 2.75) is 12.2 Å². The molecule has 0 radical (unpaired) electrons. The number of hydrogen-bond donors (Lipinski definition) is 1. The van der Waals surface area contributed by atoms with Gasteiger partial charge in [0, 0.05) is 11.3 Å². The van der Waals surface area contributed by atoms with Crippen LogP contribution in [0.1, 0.15) is 12.1 Å². The summed E-state index contributed by atoms with van der Waals surface area (Å²) in [4.78, 5) is 4.46. The van der Waals surface area contributed by atoms with Gasteiger partial charge >= 0.3 is 0 Å². The lowest BCUT2D eigenvalue weighted by molar-refractivity contribution is 0.573. The lowest BCUT2D eigenvalue weighted by Gasteiger charge is -1.95. The van der Waals surface area contributed by atoms with Gasteiger partial charge in [0.05, 0.1) is 5.69 Å². The van der Waals surface area contributed by atoms with Gasteiger partial charge in [-0.3, -0.25) is 0 Å². The molecule has 3 nitrogen and oxygen atoms in total. The molecular weight excluding hydrogens is 232 g/mol. The first-order valence-corrected chi connectivity index (χ1v) is 6.83. The van der Waals surface area contributed by atoms with Gasteiger partial charge in [-0.05, 0) is 30.9 Å². The molecule has 0 unspecified atom stereocenters. The topological polar surface area (TPSA) is 52.0 Å². The molecule has 2 aromatic rings. The smallest absolute Gasteiger partial charge is 0.226 e. The number of rotatable bonds is 6. The average Bonchev–Trinajstić information content (AvgIpc) is 2.85. The molecule has 0 aliphatic carbocycles. The Morgan fingerprint density at radius 1 is 1.24 bits per heavy atom. The third-order valence-electron chi connectivity index (χ3n) is 2.32. The Bertz CT molecular complexity index is 442. The van der Waals surface area contributed by atoms with Crippen molar-refractivity contribution >= 4 is 11.8 Å². The van der Waals surface area contributed by atoms with Crippen molar-refractivity contribution in [3.63, 3.8) is 0 Å². The normalized spacial score (nSPS) is 10.6. The van der Waals surface area contributed by atoms with E-state index >= 15 is 0 Å². The number of nitrogens with zero attached hydrogens (tertiary/aromatic N) is 1. The van der Waals surface area contributed by atoms with Crippen LogP contribution in [-0.4, -0.2) is 17.3 Å². The van der Waals surface area contributed by atoms with E-state index in [1.165, 1.54) is 0 Å². The Balaban J connectivity index is 1.92. The summed E-state index contributed by atoms with van der Waals surface area (Å²) in [5.74, 6) is 2.65. The molecule has 0 saturated heterocycles. The zero-order valence-corrected chi connectivity index (χ0v) is 10.5. The van der Waals surface area contributed by atoms with Crippen LogP contribution in [0.15, 0.2) is 41.0 Å². The fourth-order valence-corrected chi connectivity index (χ4v) is 2.31. The van der Waals surface area contributed by atoms with E-state index in [1.54, 1.807) is 6.26 Å². The summed E-state index contributed by atoms with van der Waals surface area (Å²) in [6.45, 7) is 0.751. The van der Waals surface area contributed by atoms with Crippen molar-refractivity contribution in [3.05, 3.63) is 42.3 Å². The van der Waals surface area contributed by atoms with E-state index in [4.69, 9.17) is 10.2 Å². The number of aromatic nitrogens is 1. The molecule has 4 heteroatoms. The van der Waals surface area contributed by atoms with Crippen LogP contribution in [0.4, 0.5) is 0 Å². The molecule has 90 valence electrons. The van der Waals surface area contributed by atoms with Crippen LogP contribution >= 0.6 is 11.8 Å². The predicted molar refractivity (Wildman–Crippen MR) is 71.8 cm³/mol. The molecule has 0 atom stereocenters. The van der Waals surface area contributed by atoms with E-state index in [-0.39, 0.29) is 0 Å². The van der Waals surface area contributed by atoms with E-state index in [0.29, 0.717) is 5.89 Å². The second kappa shape index (κ2) is 6.47. The Morgan fingerprint density at radius 3 is 2.82 bits per heavy atom. The van der Waals surface area contributed by atoms with Crippen LogP contribution in [0, 0.1) is 0 Å². The molecule has 17 heavy (non-hydrogen) atoms. The van der Waals surface area contributed by atoms with E-state index in [2.05, 4.69) is 4.98 Å². The molecule has 1 aromatic heterocycles. The van der Waals surface area contributed by atoms with Gasteiger partial charge in [0.1, 0.15) is 6.26 Å². The Labute approximate surface area is 105 Å². The standard InChI is InChI=1S/C13H16N2OS/c14-7-4-8-17-10-12-9-16-13(15-12)11-5-2-1-3-6-11/h1-3,5-6,9H,4,7-8,10,14H2. The van der Waals surface area contributed by atoms with Crippen molar-refractivity contribution in [2.24, 2.45) is 5.73 Å². The first-order chi connectivity index (χ1) is 8.40. The fraction of sp³-hybridized carbons (Fsp3) is 0.308. The van der Waals surface area contributed by atoms with Crippen LogP contribution in [0.3, 0.4) is 0 Å². The van der Waals surface area contributed by atoms with Crippen LogP contribution in [0.5, 0.6) is 0 Å². The Hall–Kier alpha value is -1.26. The van der Waals surface area contributed by atoms with Crippen molar-refractivity contribution < 1.29 is 4.42 Å². The van der Waals surface area contributed by atoms with Gasteiger partial charge in [-0.15, -0.1) is 0 Å². The lowest BCUT2D eigenvalue weighted by Crippen LogP contribution is -1.99.